The van der Waals surface area contributed by atoms with Crippen molar-refractivity contribution in [2.75, 3.05) is 10.6 Å². The second-order valence-electron chi connectivity index (χ2n) is 13.7. The number of nitrogens with one attached hydrogen (secondary N) is 5. The Labute approximate surface area is 347 Å². The van der Waals surface area contributed by atoms with E-state index in [4.69, 9.17) is 9.47 Å². The zero-order chi connectivity index (χ0) is 40.4. The largest absolute Gasteiger partial charge is 0.489 e. The normalized spacial score (nSPS) is 10.6. The minimum Gasteiger partial charge on any atom is -0.489 e. The van der Waals surface area contributed by atoms with Crippen LogP contribution in [0.1, 0.15) is 29.7 Å². The van der Waals surface area contributed by atoms with Crippen molar-refractivity contribution in [1.82, 2.24) is 40.3 Å². The van der Waals surface area contributed by atoms with Crippen LogP contribution < -0.4 is 25.7 Å². The number of aryl methyl sites for hydroxylation is 2. The Bertz CT molecular complexity index is 2840. The van der Waals surface area contributed by atoms with Gasteiger partial charge in [0.15, 0.2) is 11.6 Å². The highest BCUT2D eigenvalue weighted by Gasteiger charge is 2.09. The number of aromatic nitrogens is 8. The summed E-state index contributed by atoms with van der Waals surface area (Å²) in [5.41, 5.74) is 8.65. The summed E-state index contributed by atoms with van der Waals surface area (Å²) >= 11 is 0. The first-order valence-corrected chi connectivity index (χ1v) is 18.9. The van der Waals surface area contributed by atoms with Crippen LogP contribution in [0, 0.1) is 13.8 Å². The number of fused-ring (bicyclic) bond motifs is 1. The van der Waals surface area contributed by atoms with E-state index in [-0.39, 0.29) is 13.0 Å². The number of benzene rings is 5. The summed E-state index contributed by atoms with van der Waals surface area (Å²) in [5.74, 6) is 3.91. The number of para-hydroxylation sites is 1. The van der Waals surface area contributed by atoms with Gasteiger partial charge in [-0.2, -0.15) is 9.97 Å². The van der Waals surface area contributed by atoms with Crippen molar-refractivity contribution in [2.24, 2.45) is 0 Å². The van der Waals surface area contributed by atoms with E-state index in [0.29, 0.717) is 42.5 Å². The lowest BCUT2D eigenvalue weighted by Gasteiger charge is -2.09. The van der Waals surface area contributed by atoms with Gasteiger partial charge in [0.1, 0.15) is 24.7 Å². The standard InChI is InChI=1S/C25H21N5O2.C21H19N5O.CH4/c1-16-5-4-6-19(13-16)26-25-28-24(29-30-25)17-9-11-20(12-10-17)32-15-18-14-23(31)27-22-8-3-2-7-21(18)22;1-15-3-2-4-18(13-15)23-21-24-20(25-26-21)17-5-7-19(8-6-17)27-14-16-9-11-22-12-10-16;/h2-14H,15H2,1H3,(H,27,31)(H2,26,28,29,30);2-13H,14H2,1H3,(H2,23,24,25,26);1H4. The Hall–Kier alpha value is -8.06. The number of nitrogens with zero attached hydrogens (tertiary/aromatic N) is 5. The zero-order valence-corrected chi connectivity index (χ0v) is 32.3. The number of anilines is 4. The average molecular weight is 797 g/mol. The molecule has 9 rings (SSSR count). The molecule has 0 radical (unpaired) electrons. The molecule has 0 unspecified atom stereocenters. The van der Waals surface area contributed by atoms with E-state index in [0.717, 1.165) is 55.8 Å². The molecule has 4 aromatic heterocycles. The molecule has 5 N–H and O–H groups in total. The van der Waals surface area contributed by atoms with E-state index in [2.05, 4.69) is 51.0 Å². The third-order valence-electron chi connectivity index (χ3n) is 9.16. The van der Waals surface area contributed by atoms with Gasteiger partial charge in [0.2, 0.25) is 17.5 Å². The van der Waals surface area contributed by atoms with Crippen LogP contribution in [-0.4, -0.2) is 40.3 Å². The zero-order valence-electron chi connectivity index (χ0n) is 32.3. The summed E-state index contributed by atoms with van der Waals surface area (Å²) in [4.78, 5) is 27.8. The fourth-order valence-corrected chi connectivity index (χ4v) is 6.22. The van der Waals surface area contributed by atoms with Gasteiger partial charge in [-0.3, -0.25) is 20.0 Å². The van der Waals surface area contributed by atoms with Gasteiger partial charge in [-0.1, -0.05) is 49.9 Å². The Morgan fingerprint density at radius 3 is 1.67 bits per heavy atom. The minimum absolute atomic E-state index is 0. The molecule has 0 aliphatic rings. The van der Waals surface area contributed by atoms with E-state index >= 15 is 0 Å². The van der Waals surface area contributed by atoms with Gasteiger partial charge in [0.05, 0.1) is 0 Å². The van der Waals surface area contributed by atoms with E-state index in [1.165, 1.54) is 5.56 Å². The Kier molecular flexibility index (Phi) is 12.7. The van der Waals surface area contributed by atoms with Crippen molar-refractivity contribution in [2.45, 2.75) is 34.5 Å². The van der Waals surface area contributed by atoms with Crippen LogP contribution in [0.25, 0.3) is 33.7 Å². The van der Waals surface area contributed by atoms with Gasteiger partial charge in [-0.25, -0.2) is 0 Å². The fourth-order valence-electron chi connectivity index (χ4n) is 6.22. The lowest BCUT2D eigenvalue weighted by atomic mass is 10.1. The maximum absolute atomic E-state index is 11.9. The van der Waals surface area contributed by atoms with Crippen molar-refractivity contribution < 1.29 is 9.47 Å². The lowest BCUT2D eigenvalue weighted by Crippen LogP contribution is -2.08. The lowest BCUT2D eigenvalue weighted by molar-refractivity contribution is 0.306. The van der Waals surface area contributed by atoms with Crippen LogP contribution in [-0.2, 0) is 13.2 Å². The first-order chi connectivity index (χ1) is 28.9. The molecule has 60 heavy (non-hydrogen) atoms. The topological polar surface area (TPSA) is 171 Å². The maximum Gasteiger partial charge on any atom is 0.248 e. The summed E-state index contributed by atoms with van der Waals surface area (Å²) in [6.45, 7) is 4.90. The molecule has 300 valence electrons. The number of H-pyrrole nitrogens is 3. The molecule has 9 aromatic rings. The summed E-state index contributed by atoms with van der Waals surface area (Å²) in [5, 5.41) is 21.8. The third-order valence-corrected chi connectivity index (χ3v) is 9.16. The summed E-state index contributed by atoms with van der Waals surface area (Å²) in [7, 11) is 0. The Morgan fingerprint density at radius 2 is 1.12 bits per heavy atom. The van der Waals surface area contributed by atoms with Crippen molar-refractivity contribution in [1.29, 1.82) is 0 Å². The minimum atomic E-state index is -0.141. The highest BCUT2D eigenvalue weighted by molar-refractivity contribution is 5.81. The quantitative estimate of drug-likeness (QED) is 0.0801. The number of rotatable bonds is 12. The van der Waals surface area contributed by atoms with Crippen molar-refractivity contribution in [3.63, 3.8) is 0 Å². The van der Waals surface area contributed by atoms with Crippen LogP contribution in [0.3, 0.4) is 0 Å². The number of ether oxygens (including phenoxy) is 2. The predicted octanol–water partition coefficient (Wildman–Crippen LogP) is 10.1. The van der Waals surface area contributed by atoms with E-state index in [1.54, 1.807) is 18.5 Å². The van der Waals surface area contributed by atoms with Gasteiger partial charge in [0, 0.05) is 57.4 Å². The number of hydrogen-bond donors (Lipinski definition) is 5. The maximum atomic E-state index is 11.9. The average Bonchev–Trinajstić information content (AvgIpc) is 3.93. The highest BCUT2D eigenvalue weighted by Crippen LogP contribution is 2.25. The summed E-state index contributed by atoms with van der Waals surface area (Å²) < 4.78 is 11.7. The van der Waals surface area contributed by atoms with E-state index < -0.39 is 0 Å². The summed E-state index contributed by atoms with van der Waals surface area (Å²) in [6, 6.07) is 44.6. The molecular formula is C47H44N10O3. The third kappa shape index (κ3) is 10.5. The molecule has 5 aromatic carbocycles. The molecule has 0 aliphatic heterocycles. The second-order valence-corrected chi connectivity index (χ2v) is 13.7. The second kappa shape index (κ2) is 18.9. The molecule has 0 atom stereocenters. The first kappa shape index (κ1) is 40.1. The van der Waals surface area contributed by atoms with Crippen LogP contribution in [0.2, 0.25) is 0 Å². The predicted molar refractivity (Wildman–Crippen MR) is 237 cm³/mol. The first-order valence-electron chi connectivity index (χ1n) is 18.9. The monoisotopic (exact) mass is 796 g/mol. The number of aromatic amines is 3. The molecule has 0 spiro atoms. The number of pyridine rings is 2. The van der Waals surface area contributed by atoms with Crippen molar-refractivity contribution >= 4 is 34.2 Å². The molecule has 0 bridgehead atoms. The number of hydrogen-bond acceptors (Lipinski definition) is 10. The van der Waals surface area contributed by atoms with E-state index in [9.17, 15) is 4.79 Å². The van der Waals surface area contributed by atoms with Crippen LogP contribution in [0.5, 0.6) is 11.5 Å². The molecule has 0 aliphatic carbocycles. The van der Waals surface area contributed by atoms with Gasteiger partial charge in [-0.05, 0) is 122 Å². The van der Waals surface area contributed by atoms with Gasteiger partial charge in [-0.15, -0.1) is 10.2 Å². The molecule has 4 heterocycles. The molecule has 0 fully saturated rings. The van der Waals surface area contributed by atoms with Crippen molar-refractivity contribution in [3.05, 3.63) is 185 Å². The smallest absolute Gasteiger partial charge is 0.248 e. The Balaban J connectivity index is 0.000000181. The molecule has 0 saturated heterocycles. The SMILES string of the molecule is C.Cc1cccc(Nc2n[nH]c(-c3ccc(OCc4cc(=O)[nH]c5ccccc45)cc3)n2)c1.Cc1cccc(Nc2n[nH]c(-c3ccc(OCc4ccncc4)cc3)n2)c1. The molecule has 0 saturated carbocycles. The summed E-state index contributed by atoms with van der Waals surface area (Å²) in [6.07, 6.45) is 3.52. The molecule has 13 heteroatoms. The molecule has 13 nitrogen and oxygen atoms in total. The van der Waals surface area contributed by atoms with Gasteiger partial charge < -0.3 is 25.1 Å². The fraction of sp³-hybridized carbons (Fsp3) is 0.106. The van der Waals surface area contributed by atoms with Crippen LogP contribution in [0.15, 0.2) is 157 Å². The van der Waals surface area contributed by atoms with Crippen LogP contribution in [0.4, 0.5) is 23.3 Å². The highest BCUT2D eigenvalue weighted by atomic mass is 16.5. The van der Waals surface area contributed by atoms with Gasteiger partial charge >= 0.3 is 0 Å². The Morgan fingerprint density at radius 1 is 0.583 bits per heavy atom. The van der Waals surface area contributed by atoms with Crippen molar-refractivity contribution in [3.8, 4) is 34.3 Å². The molecule has 0 amide bonds. The van der Waals surface area contributed by atoms with Crippen LogP contribution >= 0.6 is 0 Å². The van der Waals surface area contributed by atoms with E-state index in [1.807, 2.05) is 147 Å². The van der Waals surface area contributed by atoms with Gasteiger partial charge in [0.25, 0.3) is 0 Å². The molecular weight excluding hydrogens is 753 g/mol.